The minimum atomic E-state index is -3.55. The van der Waals surface area contributed by atoms with Crippen LogP contribution in [0.1, 0.15) is 5.56 Å². The second-order valence-electron chi connectivity index (χ2n) is 4.46. The second kappa shape index (κ2) is 6.70. The maximum Gasteiger partial charge on any atom is 0.240 e. The predicted octanol–water partition coefficient (Wildman–Crippen LogP) is 0.236. The number of ether oxygens (including phenoxy) is 1. The van der Waals surface area contributed by atoms with Crippen LogP contribution in [0.25, 0.3) is 0 Å². The molecule has 0 aliphatic heterocycles. The fourth-order valence-electron chi connectivity index (χ4n) is 1.72. The SMILES string of the molecule is Cn1cc(CNS(=O)(=O)c2ccc(OCCN)cc2)cn1. The van der Waals surface area contributed by atoms with Crippen LogP contribution in [-0.4, -0.2) is 31.3 Å². The summed E-state index contributed by atoms with van der Waals surface area (Å²) in [6.07, 6.45) is 3.37. The van der Waals surface area contributed by atoms with Gasteiger partial charge in [0.1, 0.15) is 12.4 Å². The first kappa shape index (κ1) is 15.5. The van der Waals surface area contributed by atoms with E-state index in [4.69, 9.17) is 10.5 Å². The third-order valence-corrected chi connectivity index (χ3v) is 4.16. The fraction of sp³-hybridized carbons (Fsp3) is 0.308. The normalized spacial score (nSPS) is 11.5. The molecule has 0 atom stereocenters. The van der Waals surface area contributed by atoms with E-state index in [1.54, 1.807) is 36.3 Å². The molecule has 0 amide bonds. The van der Waals surface area contributed by atoms with Gasteiger partial charge < -0.3 is 10.5 Å². The number of sulfonamides is 1. The van der Waals surface area contributed by atoms with Gasteiger partial charge in [-0.1, -0.05) is 0 Å². The van der Waals surface area contributed by atoms with Gasteiger partial charge in [-0.15, -0.1) is 0 Å². The summed E-state index contributed by atoms with van der Waals surface area (Å²) in [5.41, 5.74) is 6.13. The molecular formula is C13H18N4O3S. The lowest BCUT2D eigenvalue weighted by Gasteiger charge is -2.07. The molecule has 0 aliphatic rings. The lowest BCUT2D eigenvalue weighted by Crippen LogP contribution is -2.23. The Morgan fingerprint density at radius 1 is 1.33 bits per heavy atom. The van der Waals surface area contributed by atoms with Crippen LogP contribution in [0.3, 0.4) is 0 Å². The van der Waals surface area contributed by atoms with Crippen molar-refractivity contribution in [3.8, 4) is 5.75 Å². The summed E-state index contributed by atoms with van der Waals surface area (Å²) in [5.74, 6) is 0.589. The summed E-state index contributed by atoms with van der Waals surface area (Å²) in [6, 6.07) is 6.21. The van der Waals surface area contributed by atoms with Gasteiger partial charge in [-0.3, -0.25) is 4.68 Å². The summed E-state index contributed by atoms with van der Waals surface area (Å²) >= 11 is 0. The molecule has 2 aromatic rings. The van der Waals surface area contributed by atoms with E-state index < -0.39 is 10.0 Å². The highest BCUT2D eigenvalue weighted by Gasteiger charge is 2.14. The van der Waals surface area contributed by atoms with Crippen LogP contribution in [0.4, 0.5) is 0 Å². The molecule has 0 spiro atoms. The van der Waals surface area contributed by atoms with E-state index in [0.717, 1.165) is 5.56 Å². The number of nitrogens with two attached hydrogens (primary N) is 1. The van der Waals surface area contributed by atoms with Crippen molar-refractivity contribution in [2.75, 3.05) is 13.2 Å². The predicted molar refractivity (Wildman–Crippen MR) is 78.2 cm³/mol. The highest BCUT2D eigenvalue weighted by atomic mass is 32.2. The lowest BCUT2D eigenvalue weighted by atomic mass is 10.3. The maximum atomic E-state index is 12.1. The Morgan fingerprint density at radius 3 is 2.62 bits per heavy atom. The van der Waals surface area contributed by atoms with Crippen LogP contribution in [0.2, 0.25) is 0 Å². The average Bonchev–Trinajstić information content (AvgIpc) is 2.89. The van der Waals surface area contributed by atoms with Crippen molar-refractivity contribution in [1.82, 2.24) is 14.5 Å². The topological polar surface area (TPSA) is 99.2 Å². The molecule has 0 radical (unpaired) electrons. The quantitative estimate of drug-likeness (QED) is 0.763. The highest BCUT2D eigenvalue weighted by molar-refractivity contribution is 7.89. The van der Waals surface area contributed by atoms with Gasteiger partial charge in [0.15, 0.2) is 0 Å². The minimum absolute atomic E-state index is 0.187. The number of hydrogen-bond acceptors (Lipinski definition) is 5. The van der Waals surface area contributed by atoms with E-state index in [1.165, 1.54) is 12.1 Å². The molecule has 0 fully saturated rings. The molecule has 21 heavy (non-hydrogen) atoms. The van der Waals surface area contributed by atoms with Crippen molar-refractivity contribution < 1.29 is 13.2 Å². The molecule has 3 N–H and O–H groups in total. The monoisotopic (exact) mass is 310 g/mol. The first-order valence-electron chi connectivity index (χ1n) is 6.41. The van der Waals surface area contributed by atoms with Crippen LogP contribution >= 0.6 is 0 Å². The zero-order valence-corrected chi connectivity index (χ0v) is 12.5. The van der Waals surface area contributed by atoms with E-state index in [9.17, 15) is 8.42 Å². The number of nitrogens with one attached hydrogen (secondary N) is 1. The Morgan fingerprint density at radius 2 is 2.05 bits per heavy atom. The van der Waals surface area contributed by atoms with Gasteiger partial charge in [0.05, 0.1) is 11.1 Å². The van der Waals surface area contributed by atoms with E-state index in [0.29, 0.717) is 18.9 Å². The van der Waals surface area contributed by atoms with Gasteiger partial charge >= 0.3 is 0 Å². The molecule has 1 aromatic heterocycles. The zero-order valence-electron chi connectivity index (χ0n) is 11.7. The van der Waals surface area contributed by atoms with Crippen molar-refractivity contribution in [2.24, 2.45) is 12.8 Å². The van der Waals surface area contributed by atoms with Crippen LogP contribution in [0, 0.1) is 0 Å². The van der Waals surface area contributed by atoms with Crippen LogP contribution in [-0.2, 0) is 23.6 Å². The Kier molecular flexibility index (Phi) is 4.94. The van der Waals surface area contributed by atoms with Gasteiger partial charge in [-0.05, 0) is 24.3 Å². The van der Waals surface area contributed by atoms with Gasteiger partial charge in [-0.2, -0.15) is 5.10 Å². The van der Waals surface area contributed by atoms with E-state index in [-0.39, 0.29) is 11.4 Å². The van der Waals surface area contributed by atoms with Crippen LogP contribution in [0.15, 0.2) is 41.6 Å². The van der Waals surface area contributed by atoms with Gasteiger partial charge in [0.25, 0.3) is 0 Å². The van der Waals surface area contributed by atoms with Gasteiger partial charge in [0, 0.05) is 31.9 Å². The molecule has 0 saturated heterocycles. The van der Waals surface area contributed by atoms with Crippen LogP contribution < -0.4 is 15.2 Å². The van der Waals surface area contributed by atoms with Crippen molar-refractivity contribution in [1.29, 1.82) is 0 Å². The summed E-state index contributed by atoms with van der Waals surface area (Å²) in [4.78, 5) is 0.187. The molecule has 1 heterocycles. The maximum absolute atomic E-state index is 12.1. The summed E-state index contributed by atoms with van der Waals surface area (Å²) in [7, 11) is -1.78. The fourth-order valence-corrected chi connectivity index (χ4v) is 2.73. The molecule has 0 unspecified atom stereocenters. The van der Waals surface area contributed by atoms with Crippen molar-refractivity contribution in [3.63, 3.8) is 0 Å². The zero-order chi connectivity index (χ0) is 15.3. The Bertz CT molecular complexity index is 680. The number of benzene rings is 1. The highest BCUT2D eigenvalue weighted by Crippen LogP contribution is 2.16. The largest absolute Gasteiger partial charge is 0.492 e. The molecule has 0 aliphatic carbocycles. The number of rotatable bonds is 7. The van der Waals surface area contributed by atoms with Gasteiger partial charge in [0.2, 0.25) is 10.0 Å². The first-order chi connectivity index (χ1) is 10.0. The summed E-state index contributed by atoms with van der Waals surface area (Å²) in [5, 5.41) is 3.99. The third kappa shape index (κ3) is 4.28. The molecular weight excluding hydrogens is 292 g/mol. The molecule has 1 aromatic carbocycles. The van der Waals surface area contributed by atoms with E-state index in [1.807, 2.05) is 0 Å². The molecule has 0 bridgehead atoms. The Labute approximate surface area is 123 Å². The first-order valence-corrected chi connectivity index (χ1v) is 7.90. The van der Waals surface area contributed by atoms with Gasteiger partial charge in [-0.25, -0.2) is 13.1 Å². The number of nitrogens with zero attached hydrogens (tertiary/aromatic N) is 2. The lowest BCUT2D eigenvalue weighted by molar-refractivity contribution is 0.328. The summed E-state index contributed by atoms with van der Waals surface area (Å²) < 4.78 is 33.7. The summed E-state index contributed by atoms with van der Waals surface area (Å²) in [6.45, 7) is 1.000. The Balaban J connectivity index is 2.01. The second-order valence-corrected chi connectivity index (χ2v) is 6.22. The number of aromatic nitrogens is 2. The average molecular weight is 310 g/mol. The molecule has 0 saturated carbocycles. The van der Waals surface area contributed by atoms with E-state index >= 15 is 0 Å². The third-order valence-electron chi connectivity index (χ3n) is 2.75. The minimum Gasteiger partial charge on any atom is -0.492 e. The molecule has 2 rings (SSSR count). The van der Waals surface area contributed by atoms with Crippen LogP contribution in [0.5, 0.6) is 5.75 Å². The van der Waals surface area contributed by atoms with Crippen molar-refractivity contribution in [3.05, 3.63) is 42.2 Å². The molecule has 8 heteroatoms. The molecule has 114 valence electrons. The van der Waals surface area contributed by atoms with Crippen molar-refractivity contribution in [2.45, 2.75) is 11.4 Å². The Hall–Kier alpha value is -1.90. The standard InChI is InChI=1S/C13H18N4O3S/c1-17-10-11(8-15-17)9-16-21(18,19)13-4-2-12(3-5-13)20-7-6-14/h2-5,8,10,16H,6-7,9,14H2,1H3. The number of hydrogen-bond donors (Lipinski definition) is 2. The number of aryl methyl sites for hydroxylation is 1. The van der Waals surface area contributed by atoms with E-state index in [2.05, 4.69) is 9.82 Å². The molecule has 7 nitrogen and oxygen atoms in total. The smallest absolute Gasteiger partial charge is 0.240 e. The van der Waals surface area contributed by atoms with Crippen molar-refractivity contribution >= 4 is 10.0 Å².